The number of rotatable bonds is 4. The lowest BCUT2D eigenvalue weighted by atomic mass is 10.2. The van der Waals surface area contributed by atoms with Crippen LogP contribution in [0.4, 0.5) is 11.6 Å². The molecule has 102 valence electrons. The summed E-state index contributed by atoms with van der Waals surface area (Å²) in [6.45, 7) is 3.75. The average molecular weight is 266 g/mol. The zero-order valence-corrected chi connectivity index (χ0v) is 11.5. The molecule has 0 aliphatic rings. The largest absolute Gasteiger partial charge is 0.399 e. The monoisotopic (exact) mass is 266 g/mol. The molecule has 0 fully saturated rings. The number of hydrogen-bond donors (Lipinski definition) is 2. The van der Waals surface area contributed by atoms with Crippen molar-refractivity contribution in [2.45, 2.75) is 20.0 Å². The number of anilines is 2. The van der Waals surface area contributed by atoms with Crippen molar-refractivity contribution in [2.24, 2.45) is 0 Å². The molecule has 1 heterocycles. The predicted molar refractivity (Wildman–Crippen MR) is 83.6 cm³/mol. The molecule has 0 atom stereocenters. The molecular weight excluding hydrogens is 248 g/mol. The van der Waals surface area contributed by atoms with Crippen molar-refractivity contribution < 1.29 is 0 Å². The normalized spacial score (nSPS) is 10.8. The zero-order valence-electron chi connectivity index (χ0n) is 11.5. The van der Waals surface area contributed by atoms with Gasteiger partial charge in [-0.15, -0.1) is 0 Å². The molecule has 3 rings (SSSR count). The molecule has 1 aromatic heterocycles. The summed E-state index contributed by atoms with van der Waals surface area (Å²) in [5.74, 6) is 0.886. The summed E-state index contributed by atoms with van der Waals surface area (Å²) in [5.41, 5.74) is 9.84. The van der Waals surface area contributed by atoms with Crippen molar-refractivity contribution in [1.82, 2.24) is 9.55 Å². The summed E-state index contributed by atoms with van der Waals surface area (Å²) in [6.07, 6.45) is 0. The molecule has 2 aromatic carbocycles. The first kappa shape index (κ1) is 12.5. The van der Waals surface area contributed by atoms with E-state index in [0.717, 1.165) is 35.8 Å². The van der Waals surface area contributed by atoms with Gasteiger partial charge < -0.3 is 15.6 Å². The quantitative estimate of drug-likeness (QED) is 0.713. The Hall–Kier alpha value is -2.49. The Morgan fingerprint density at radius 2 is 1.95 bits per heavy atom. The number of imidazole rings is 1. The molecule has 0 unspecified atom stereocenters. The van der Waals surface area contributed by atoms with Gasteiger partial charge in [0.05, 0.1) is 11.0 Å². The molecule has 3 aromatic rings. The third-order valence-corrected chi connectivity index (χ3v) is 3.38. The van der Waals surface area contributed by atoms with E-state index in [0.29, 0.717) is 0 Å². The second kappa shape index (κ2) is 5.25. The Balaban J connectivity index is 1.91. The van der Waals surface area contributed by atoms with E-state index in [4.69, 9.17) is 5.73 Å². The minimum Gasteiger partial charge on any atom is -0.399 e. The topological polar surface area (TPSA) is 55.9 Å². The summed E-state index contributed by atoms with van der Waals surface area (Å²) >= 11 is 0. The molecule has 0 aliphatic carbocycles. The predicted octanol–water partition coefficient (Wildman–Crippen LogP) is 3.25. The average Bonchev–Trinajstić information content (AvgIpc) is 2.82. The van der Waals surface area contributed by atoms with E-state index in [1.807, 2.05) is 36.4 Å². The van der Waals surface area contributed by atoms with Crippen LogP contribution in [0.15, 0.2) is 48.5 Å². The summed E-state index contributed by atoms with van der Waals surface area (Å²) in [6, 6.07) is 16.2. The van der Waals surface area contributed by atoms with Crippen LogP contribution in [0, 0.1) is 0 Å². The number of nitrogens with zero attached hydrogens (tertiary/aromatic N) is 2. The fourth-order valence-corrected chi connectivity index (χ4v) is 2.38. The first-order valence-electron chi connectivity index (χ1n) is 6.81. The second-order valence-corrected chi connectivity index (χ2v) is 4.77. The van der Waals surface area contributed by atoms with Crippen molar-refractivity contribution >= 4 is 22.7 Å². The highest BCUT2D eigenvalue weighted by atomic mass is 15.2. The van der Waals surface area contributed by atoms with Gasteiger partial charge in [-0.25, -0.2) is 4.98 Å². The van der Waals surface area contributed by atoms with E-state index in [9.17, 15) is 0 Å². The summed E-state index contributed by atoms with van der Waals surface area (Å²) in [4.78, 5) is 4.63. The van der Waals surface area contributed by atoms with Gasteiger partial charge in [0, 0.05) is 18.8 Å². The molecule has 0 aliphatic heterocycles. The Kier molecular flexibility index (Phi) is 3.29. The maximum atomic E-state index is 5.82. The highest BCUT2D eigenvalue weighted by molar-refractivity contribution is 5.81. The minimum atomic E-state index is 0.743. The first-order valence-corrected chi connectivity index (χ1v) is 6.81. The van der Waals surface area contributed by atoms with Gasteiger partial charge in [-0.2, -0.15) is 0 Å². The Labute approximate surface area is 118 Å². The van der Waals surface area contributed by atoms with Crippen LogP contribution >= 0.6 is 0 Å². The molecule has 0 radical (unpaired) electrons. The van der Waals surface area contributed by atoms with E-state index < -0.39 is 0 Å². The van der Waals surface area contributed by atoms with Gasteiger partial charge >= 0.3 is 0 Å². The summed E-state index contributed by atoms with van der Waals surface area (Å²) < 4.78 is 2.16. The van der Waals surface area contributed by atoms with Gasteiger partial charge in [0.25, 0.3) is 0 Å². The number of hydrogen-bond acceptors (Lipinski definition) is 3. The number of nitrogen functional groups attached to an aromatic ring is 1. The Morgan fingerprint density at radius 1 is 1.15 bits per heavy atom. The molecule has 4 heteroatoms. The standard InChI is InChI=1S/C16H18N4/c1-2-20-15-9-8-13(17)10-14(15)19-16(20)18-11-12-6-4-3-5-7-12/h3-10H,2,11,17H2,1H3,(H,18,19). The van der Waals surface area contributed by atoms with Gasteiger partial charge in [0.15, 0.2) is 0 Å². The van der Waals surface area contributed by atoms with Gasteiger partial charge in [0.1, 0.15) is 0 Å². The highest BCUT2D eigenvalue weighted by Crippen LogP contribution is 2.22. The van der Waals surface area contributed by atoms with Crippen molar-refractivity contribution in [3.8, 4) is 0 Å². The van der Waals surface area contributed by atoms with E-state index in [2.05, 4.69) is 33.9 Å². The van der Waals surface area contributed by atoms with Crippen LogP contribution < -0.4 is 11.1 Å². The van der Waals surface area contributed by atoms with E-state index >= 15 is 0 Å². The van der Waals surface area contributed by atoms with E-state index in [1.165, 1.54) is 5.56 Å². The summed E-state index contributed by atoms with van der Waals surface area (Å²) in [7, 11) is 0. The third-order valence-electron chi connectivity index (χ3n) is 3.38. The third kappa shape index (κ3) is 2.32. The van der Waals surface area contributed by atoms with Crippen molar-refractivity contribution in [3.05, 3.63) is 54.1 Å². The molecule has 0 amide bonds. The first-order chi connectivity index (χ1) is 9.78. The van der Waals surface area contributed by atoms with Crippen molar-refractivity contribution in [3.63, 3.8) is 0 Å². The van der Waals surface area contributed by atoms with Crippen LogP contribution in [0.1, 0.15) is 12.5 Å². The van der Waals surface area contributed by atoms with Crippen LogP contribution in [0.25, 0.3) is 11.0 Å². The molecule has 0 spiro atoms. The number of fused-ring (bicyclic) bond motifs is 1. The molecule has 0 saturated heterocycles. The number of aromatic nitrogens is 2. The second-order valence-electron chi connectivity index (χ2n) is 4.77. The van der Waals surface area contributed by atoms with Crippen LogP contribution in [0.5, 0.6) is 0 Å². The van der Waals surface area contributed by atoms with Gasteiger partial charge in [0.2, 0.25) is 5.95 Å². The fraction of sp³-hybridized carbons (Fsp3) is 0.188. The smallest absolute Gasteiger partial charge is 0.204 e. The maximum Gasteiger partial charge on any atom is 0.204 e. The highest BCUT2D eigenvalue weighted by Gasteiger charge is 2.09. The Bertz CT molecular complexity index is 716. The minimum absolute atomic E-state index is 0.743. The van der Waals surface area contributed by atoms with Crippen LogP contribution in [-0.2, 0) is 13.1 Å². The number of nitrogens with two attached hydrogens (primary N) is 1. The SMILES string of the molecule is CCn1c(NCc2ccccc2)nc2cc(N)ccc21. The molecule has 0 saturated carbocycles. The van der Waals surface area contributed by atoms with Crippen LogP contribution in [0.3, 0.4) is 0 Å². The van der Waals surface area contributed by atoms with Crippen molar-refractivity contribution in [1.29, 1.82) is 0 Å². The lowest BCUT2D eigenvalue weighted by Crippen LogP contribution is -2.06. The van der Waals surface area contributed by atoms with Gasteiger partial charge in [-0.05, 0) is 30.7 Å². The van der Waals surface area contributed by atoms with Crippen molar-refractivity contribution in [2.75, 3.05) is 11.1 Å². The summed E-state index contributed by atoms with van der Waals surface area (Å²) in [5, 5.41) is 3.40. The van der Waals surface area contributed by atoms with Gasteiger partial charge in [-0.3, -0.25) is 0 Å². The molecule has 0 bridgehead atoms. The molecular formula is C16H18N4. The lowest BCUT2D eigenvalue weighted by molar-refractivity contribution is 0.787. The lowest BCUT2D eigenvalue weighted by Gasteiger charge is -2.08. The van der Waals surface area contributed by atoms with Crippen LogP contribution in [-0.4, -0.2) is 9.55 Å². The van der Waals surface area contributed by atoms with E-state index in [1.54, 1.807) is 0 Å². The zero-order chi connectivity index (χ0) is 13.9. The van der Waals surface area contributed by atoms with Gasteiger partial charge in [-0.1, -0.05) is 30.3 Å². The fourth-order valence-electron chi connectivity index (χ4n) is 2.38. The maximum absolute atomic E-state index is 5.82. The van der Waals surface area contributed by atoms with E-state index in [-0.39, 0.29) is 0 Å². The number of nitrogens with one attached hydrogen (secondary N) is 1. The molecule has 3 N–H and O–H groups in total. The Morgan fingerprint density at radius 3 is 2.70 bits per heavy atom. The number of benzene rings is 2. The molecule has 20 heavy (non-hydrogen) atoms. The van der Waals surface area contributed by atoms with Crippen LogP contribution in [0.2, 0.25) is 0 Å². The number of aryl methyl sites for hydroxylation is 1. The molecule has 4 nitrogen and oxygen atoms in total.